The normalized spacial score (nSPS) is 26.1. The maximum absolute atomic E-state index is 11.6. The average molecular weight is 292 g/mol. The Bertz CT molecular complexity index is 498. The number of hydrogen-bond donors (Lipinski definition) is 2. The predicted molar refractivity (Wildman–Crippen MR) is 78.5 cm³/mol. The number of nitrogens with one attached hydrogen (secondary N) is 1. The Labute approximate surface area is 125 Å². The van der Waals surface area contributed by atoms with Crippen molar-refractivity contribution in [3.63, 3.8) is 0 Å². The SMILES string of the molecule is C[C@@H]1CN(C(=O)CN)CC[C@H]1NCc1cc(C2CC2)on1. The molecule has 2 aliphatic rings. The van der Waals surface area contributed by atoms with Crippen molar-refractivity contribution in [2.75, 3.05) is 19.6 Å². The van der Waals surface area contributed by atoms with E-state index in [2.05, 4.69) is 23.5 Å². The second-order valence-corrected chi connectivity index (χ2v) is 6.29. The zero-order valence-corrected chi connectivity index (χ0v) is 12.5. The van der Waals surface area contributed by atoms with Gasteiger partial charge in [0.2, 0.25) is 5.91 Å². The molecule has 0 aromatic carbocycles. The van der Waals surface area contributed by atoms with Gasteiger partial charge in [-0.05, 0) is 25.2 Å². The summed E-state index contributed by atoms with van der Waals surface area (Å²) in [6.45, 7) is 4.57. The molecule has 6 heteroatoms. The van der Waals surface area contributed by atoms with Crippen molar-refractivity contribution in [1.29, 1.82) is 0 Å². The van der Waals surface area contributed by atoms with Crippen LogP contribution in [-0.2, 0) is 11.3 Å². The third-order valence-corrected chi connectivity index (χ3v) is 4.53. The van der Waals surface area contributed by atoms with Crippen molar-refractivity contribution in [2.24, 2.45) is 11.7 Å². The molecule has 0 radical (unpaired) electrons. The molecule has 2 atom stereocenters. The highest BCUT2D eigenvalue weighted by Gasteiger charge is 2.29. The van der Waals surface area contributed by atoms with Crippen LogP contribution in [0, 0.1) is 5.92 Å². The fourth-order valence-corrected chi connectivity index (χ4v) is 3.01. The number of likely N-dealkylation sites (tertiary alicyclic amines) is 1. The minimum absolute atomic E-state index is 0.0471. The van der Waals surface area contributed by atoms with Gasteiger partial charge in [-0.3, -0.25) is 4.79 Å². The van der Waals surface area contributed by atoms with Crippen molar-refractivity contribution in [2.45, 2.75) is 44.7 Å². The zero-order valence-electron chi connectivity index (χ0n) is 12.5. The van der Waals surface area contributed by atoms with E-state index in [0.717, 1.165) is 37.5 Å². The predicted octanol–water partition coefficient (Wildman–Crippen LogP) is 0.837. The van der Waals surface area contributed by atoms with E-state index in [4.69, 9.17) is 10.3 Å². The molecule has 3 N–H and O–H groups in total. The van der Waals surface area contributed by atoms with Crippen LogP contribution in [0.5, 0.6) is 0 Å². The summed E-state index contributed by atoms with van der Waals surface area (Å²) in [4.78, 5) is 13.5. The van der Waals surface area contributed by atoms with Gasteiger partial charge in [-0.25, -0.2) is 0 Å². The van der Waals surface area contributed by atoms with E-state index in [1.165, 1.54) is 12.8 Å². The number of aromatic nitrogens is 1. The van der Waals surface area contributed by atoms with E-state index in [1.807, 2.05) is 4.90 Å². The second-order valence-electron chi connectivity index (χ2n) is 6.29. The third kappa shape index (κ3) is 3.44. The Morgan fingerprint density at radius 2 is 2.33 bits per heavy atom. The van der Waals surface area contributed by atoms with Gasteiger partial charge in [-0.1, -0.05) is 12.1 Å². The highest BCUT2D eigenvalue weighted by molar-refractivity contribution is 5.78. The number of amides is 1. The number of carbonyl (C=O) groups is 1. The van der Waals surface area contributed by atoms with Crippen LogP contribution >= 0.6 is 0 Å². The molecule has 3 rings (SSSR count). The molecule has 1 aliphatic carbocycles. The van der Waals surface area contributed by atoms with Gasteiger partial charge in [0.25, 0.3) is 0 Å². The summed E-state index contributed by atoms with van der Waals surface area (Å²) in [6.07, 6.45) is 3.42. The van der Waals surface area contributed by atoms with Gasteiger partial charge < -0.3 is 20.5 Å². The fourth-order valence-electron chi connectivity index (χ4n) is 3.01. The maximum Gasteiger partial charge on any atom is 0.236 e. The van der Waals surface area contributed by atoms with Crippen LogP contribution in [0.1, 0.15) is 43.6 Å². The summed E-state index contributed by atoms with van der Waals surface area (Å²) in [5.41, 5.74) is 6.40. The Morgan fingerprint density at radius 3 is 3.00 bits per heavy atom. The Kier molecular flexibility index (Phi) is 4.26. The van der Waals surface area contributed by atoms with E-state index >= 15 is 0 Å². The van der Waals surface area contributed by atoms with Gasteiger partial charge in [0.1, 0.15) is 5.76 Å². The quantitative estimate of drug-likeness (QED) is 0.840. The number of nitrogens with two attached hydrogens (primary N) is 1. The lowest BCUT2D eigenvalue weighted by Crippen LogP contribution is -2.51. The van der Waals surface area contributed by atoms with Crippen molar-refractivity contribution in [3.05, 3.63) is 17.5 Å². The first-order valence-electron chi connectivity index (χ1n) is 7.84. The lowest BCUT2D eigenvalue weighted by Gasteiger charge is -2.37. The smallest absolute Gasteiger partial charge is 0.236 e. The van der Waals surface area contributed by atoms with Gasteiger partial charge in [0.15, 0.2) is 0 Å². The highest BCUT2D eigenvalue weighted by atomic mass is 16.5. The number of nitrogens with zero attached hydrogens (tertiary/aromatic N) is 2. The maximum atomic E-state index is 11.6. The zero-order chi connectivity index (χ0) is 14.8. The number of carbonyl (C=O) groups excluding carboxylic acids is 1. The molecule has 116 valence electrons. The van der Waals surface area contributed by atoms with E-state index in [-0.39, 0.29) is 12.5 Å². The van der Waals surface area contributed by atoms with Gasteiger partial charge in [-0.2, -0.15) is 0 Å². The van der Waals surface area contributed by atoms with Crippen LogP contribution in [0.3, 0.4) is 0 Å². The first-order chi connectivity index (χ1) is 10.2. The molecule has 1 aromatic heterocycles. The topological polar surface area (TPSA) is 84.4 Å². The molecule has 6 nitrogen and oxygen atoms in total. The molecule has 1 aromatic rings. The second kappa shape index (κ2) is 6.15. The van der Waals surface area contributed by atoms with Gasteiger partial charge >= 0.3 is 0 Å². The molecular formula is C15H24N4O2. The summed E-state index contributed by atoms with van der Waals surface area (Å²) in [7, 11) is 0. The van der Waals surface area contributed by atoms with Crippen molar-refractivity contribution in [1.82, 2.24) is 15.4 Å². The van der Waals surface area contributed by atoms with Crippen LogP contribution in [0.2, 0.25) is 0 Å². The minimum atomic E-state index is 0.0471. The molecule has 2 heterocycles. The van der Waals surface area contributed by atoms with Crippen LogP contribution in [-0.4, -0.2) is 41.6 Å². The van der Waals surface area contributed by atoms with Crippen LogP contribution in [0.4, 0.5) is 0 Å². The first-order valence-corrected chi connectivity index (χ1v) is 7.84. The largest absolute Gasteiger partial charge is 0.361 e. The molecule has 1 amide bonds. The van der Waals surface area contributed by atoms with Crippen molar-refractivity contribution < 1.29 is 9.32 Å². The van der Waals surface area contributed by atoms with E-state index < -0.39 is 0 Å². The summed E-state index contributed by atoms with van der Waals surface area (Å²) in [6, 6.07) is 2.48. The third-order valence-electron chi connectivity index (χ3n) is 4.53. The standard InChI is InChI=1S/C15H24N4O2/c1-10-9-19(15(20)7-16)5-4-13(10)17-8-12-6-14(21-18-12)11-2-3-11/h6,10-11,13,17H,2-5,7-9,16H2,1H3/t10-,13-/m1/s1. The molecule has 0 spiro atoms. The Morgan fingerprint density at radius 1 is 1.52 bits per heavy atom. The van der Waals surface area contributed by atoms with Crippen molar-refractivity contribution in [3.8, 4) is 0 Å². The summed E-state index contributed by atoms with van der Waals surface area (Å²) in [5.74, 6) is 2.11. The Hall–Kier alpha value is -1.40. The van der Waals surface area contributed by atoms with Crippen LogP contribution < -0.4 is 11.1 Å². The van der Waals surface area contributed by atoms with Gasteiger partial charge in [0, 0.05) is 37.7 Å². The number of hydrogen-bond acceptors (Lipinski definition) is 5. The average Bonchev–Trinajstić information content (AvgIpc) is 3.24. The summed E-state index contributed by atoms with van der Waals surface area (Å²) >= 11 is 0. The van der Waals surface area contributed by atoms with Gasteiger partial charge in [0.05, 0.1) is 12.2 Å². The molecule has 0 unspecified atom stereocenters. The molecular weight excluding hydrogens is 268 g/mol. The first kappa shape index (κ1) is 14.5. The molecule has 2 fully saturated rings. The van der Waals surface area contributed by atoms with Crippen LogP contribution in [0.15, 0.2) is 10.6 Å². The van der Waals surface area contributed by atoms with Gasteiger partial charge in [-0.15, -0.1) is 0 Å². The Balaban J connectivity index is 1.47. The molecule has 1 saturated carbocycles. The summed E-state index contributed by atoms with van der Waals surface area (Å²) in [5, 5.41) is 7.67. The van der Waals surface area contributed by atoms with Crippen LogP contribution in [0.25, 0.3) is 0 Å². The van der Waals surface area contributed by atoms with E-state index in [9.17, 15) is 4.79 Å². The highest BCUT2D eigenvalue weighted by Crippen LogP contribution is 2.40. The number of piperidine rings is 1. The molecule has 21 heavy (non-hydrogen) atoms. The lowest BCUT2D eigenvalue weighted by molar-refractivity contribution is -0.131. The fraction of sp³-hybridized carbons (Fsp3) is 0.733. The lowest BCUT2D eigenvalue weighted by atomic mass is 9.93. The minimum Gasteiger partial charge on any atom is -0.361 e. The van der Waals surface area contributed by atoms with Crippen molar-refractivity contribution >= 4 is 5.91 Å². The summed E-state index contributed by atoms with van der Waals surface area (Å²) < 4.78 is 5.36. The monoisotopic (exact) mass is 292 g/mol. The molecule has 1 saturated heterocycles. The molecule has 1 aliphatic heterocycles. The number of rotatable bonds is 5. The van der Waals surface area contributed by atoms with E-state index in [0.29, 0.717) is 17.9 Å². The van der Waals surface area contributed by atoms with E-state index in [1.54, 1.807) is 0 Å². The molecule has 0 bridgehead atoms.